The summed E-state index contributed by atoms with van der Waals surface area (Å²) in [5.74, 6) is 0.660. The molecule has 0 saturated carbocycles. The molecule has 0 unspecified atom stereocenters. The van der Waals surface area contributed by atoms with Crippen molar-refractivity contribution in [3.05, 3.63) is 35.5 Å². The Labute approximate surface area is 101 Å². The fourth-order valence-electron chi connectivity index (χ4n) is 1.30. The van der Waals surface area contributed by atoms with E-state index in [2.05, 4.69) is 5.10 Å². The lowest BCUT2D eigenvalue weighted by Crippen LogP contribution is -1.97. The highest BCUT2D eigenvalue weighted by atomic mass is 35.5. The van der Waals surface area contributed by atoms with Gasteiger partial charge in [-0.1, -0.05) is 37.6 Å². The zero-order valence-corrected chi connectivity index (χ0v) is 10.5. The maximum absolute atomic E-state index is 5.84. The van der Waals surface area contributed by atoms with Gasteiger partial charge in [-0.2, -0.15) is 5.10 Å². The smallest absolute Gasteiger partial charge is 0.129 e. The highest BCUT2D eigenvalue weighted by molar-refractivity contribution is 6.30. The number of aromatic nitrogens is 2. The third-order valence-corrected chi connectivity index (χ3v) is 2.39. The van der Waals surface area contributed by atoms with E-state index in [1.807, 2.05) is 45.2 Å². The summed E-state index contributed by atoms with van der Waals surface area (Å²) in [6, 6.07) is 7.53. The molecular formula is C12H16ClN3. The molecule has 1 aromatic carbocycles. The highest BCUT2D eigenvalue weighted by Crippen LogP contribution is 2.25. The van der Waals surface area contributed by atoms with Crippen LogP contribution in [0.15, 0.2) is 30.5 Å². The van der Waals surface area contributed by atoms with Crippen LogP contribution in [0.2, 0.25) is 5.02 Å². The van der Waals surface area contributed by atoms with Crippen molar-refractivity contribution < 1.29 is 0 Å². The van der Waals surface area contributed by atoms with Crippen LogP contribution in [-0.4, -0.2) is 9.78 Å². The molecule has 0 atom stereocenters. The summed E-state index contributed by atoms with van der Waals surface area (Å²) in [6.45, 7) is 4.00. The standard InChI is InChI=1S/C10H10ClN3.C2H6/c1-14-10(12)9(6-13-14)7-2-4-8(11)5-3-7;1-2/h2-6H,12H2,1H3;1-2H3. The van der Waals surface area contributed by atoms with Crippen molar-refractivity contribution in [2.24, 2.45) is 7.05 Å². The van der Waals surface area contributed by atoms with Crippen LogP contribution in [0.5, 0.6) is 0 Å². The quantitative estimate of drug-likeness (QED) is 0.827. The van der Waals surface area contributed by atoms with E-state index in [9.17, 15) is 0 Å². The maximum Gasteiger partial charge on any atom is 0.129 e. The van der Waals surface area contributed by atoms with Crippen molar-refractivity contribution in [1.29, 1.82) is 0 Å². The van der Waals surface area contributed by atoms with Crippen molar-refractivity contribution in [2.75, 3.05) is 5.73 Å². The first-order chi connectivity index (χ1) is 7.68. The van der Waals surface area contributed by atoms with Gasteiger partial charge in [-0.3, -0.25) is 4.68 Å². The molecule has 0 bridgehead atoms. The Balaban J connectivity index is 0.000000606. The van der Waals surface area contributed by atoms with E-state index in [1.54, 1.807) is 10.9 Å². The van der Waals surface area contributed by atoms with Crippen LogP contribution in [0.3, 0.4) is 0 Å². The molecule has 4 heteroatoms. The van der Waals surface area contributed by atoms with E-state index in [0.29, 0.717) is 5.82 Å². The fraction of sp³-hybridized carbons (Fsp3) is 0.250. The van der Waals surface area contributed by atoms with Crippen LogP contribution in [0.25, 0.3) is 11.1 Å². The number of aryl methyl sites for hydroxylation is 1. The number of nitrogens with zero attached hydrogens (tertiary/aromatic N) is 2. The van der Waals surface area contributed by atoms with E-state index in [-0.39, 0.29) is 0 Å². The zero-order chi connectivity index (χ0) is 12.1. The third kappa shape index (κ3) is 2.55. The molecule has 0 saturated heterocycles. The third-order valence-electron chi connectivity index (χ3n) is 2.14. The van der Waals surface area contributed by atoms with E-state index in [0.717, 1.165) is 16.1 Å². The van der Waals surface area contributed by atoms with Gasteiger partial charge in [0.05, 0.1) is 6.20 Å². The number of nitrogens with two attached hydrogens (primary N) is 1. The molecule has 3 nitrogen and oxygen atoms in total. The number of halogens is 1. The first-order valence-electron chi connectivity index (χ1n) is 5.22. The molecule has 0 aliphatic heterocycles. The molecule has 16 heavy (non-hydrogen) atoms. The fourth-order valence-corrected chi connectivity index (χ4v) is 1.42. The summed E-state index contributed by atoms with van der Waals surface area (Å²) >= 11 is 5.79. The molecule has 0 aliphatic carbocycles. The summed E-state index contributed by atoms with van der Waals surface area (Å²) in [6.07, 6.45) is 1.75. The average molecular weight is 238 g/mol. The number of nitrogen functional groups attached to an aromatic ring is 1. The maximum atomic E-state index is 5.84. The van der Waals surface area contributed by atoms with E-state index in [1.165, 1.54) is 0 Å². The lowest BCUT2D eigenvalue weighted by molar-refractivity contribution is 0.779. The van der Waals surface area contributed by atoms with Crippen molar-refractivity contribution in [2.45, 2.75) is 13.8 Å². The largest absolute Gasteiger partial charge is 0.383 e. The number of rotatable bonds is 1. The molecule has 0 radical (unpaired) electrons. The molecule has 0 spiro atoms. The van der Waals surface area contributed by atoms with Crippen LogP contribution in [-0.2, 0) is 7.05 Å². The number of hydrogen-bond donors (Lipinski definition) is 1. The molecule has 2 N–H and O–H groups in total. The summed E-state index contributed by atoms with van der Waals surface area (Å²) in [7, 11) is 1.81. The predicted octanol–water partition coefficient (Wildman–Crippen LogP) is 3.35. The Hall–Kier alpha value is -1.48. The highest BCUT2D eigenvalue weighted by Gasteiger charge is 2.06. The van der Waals surface area contributed by atoms with Crippen molar-refractivity contribution in [1.82, 2.24) is 9.78 Å². The second-order valence-electron chi connectivity index (χ2n) is 3.07. The number of benzene rings is 1. The molecular weight excluding hydrogens is 222 g/mol. The Bertz CT molecular complexity index is 446. The molecule has 1 heterocycles. The minimum Gasteiger partial charge on any atom is -0.383 e. The van der Waals surface area contributed by atoms with Gasteiger partial charge in [0.25, 0.3) is 0 Å². The van der Waals surface area contributed by atoms with Crippen LogP contribution >= 0.6 is 11.6 Å². The predicted molar refractivity (Wildman–Crippen MR) is 69.4 cm³/mol. The Morgan fingerprint density at radius 1 is 1.19 bits per heavy atom. The van der Waals surface area contributed by atoms with Crippen LogP contribution < -0.4 is 5.73 Å². The number of hydrogen-bond acceptors (Lipinski definition) is 2. The summed E-state index contributed by atoms with van der Waals surface area (Å²) in [5, 5.41) is 4.79. The van der Waals surface area contributed by atoms with Gasteiger partial charge in [0.15, 0.2) is 0 Å². The monoisotopic (exact) mass is 237 g/mol. The molecule has 0 aliphatic rings. The summed E-state index contributed by atoms with van der Waals surface area (Å²) in [4.78, 5) is 0. The zero-order valence-electron chi connectivity index (χ0n) is 9.74. The number of anilines is 1. The van der Waals surface area contributed by atoms with Crippen molar-refractivity contribution >= 4 is 17.4 Å². The molecule has 1 aromatic heterocycles. The van der Waals surface area contributed by atoms with E-state index < -0.39 is 0 Å². The SMILES string of the molecule is CC.Cn1ncc(-c2ccc(Cl)cc2)c1N. The minimum absolute atomic E-state index is 0.660. The molecule has 2 rings (SSSR count). The Kier molecular flexibility index (Phi) is 4.38. The topological polar surface area (TPSA) is 43.8 Å². The van der Waals surface area contributed by atoms with Crippen LogP contribution in [0.4, 0.5) is 5.82 Å². The van der Waals surface area contributed by atoms with Gasteiger partial charge in [0, 0.05) is 17.6 Å². The second kappa shape index (κ2) is 5.56. The molecule has 0 fully saturated rings. The van der Waals surface area contributed by atoms with Gasteiger partial charge in [-0.05, 0) is 17.7 Å². The molecule has 86 valence electrons. The van der Waals surface area contributed by atoms with E-state index >= 15 is 0 Å². The minimum atomic E-state index is 0.660. The summed E-state index contributed by atoms with van der Waals surface area (Å²) in [5.41, 5.74) is 7.80. The first-order valence-corrected chi connectivity index (χ1v) is 5.59. The second-order valence-corrected chi connectivity index (χ2v) is 3.51. The van der Waals surface area contributed by atoms with Gasteiger partial charge >= 0.3 is 0 Å². The van der Waals surface area contributed by atoms with Gasteiger partial charge < -0.3 is 5.73 Å². The van der Waals surface area contributed by atoms with Gasteiger partial charge in [0.2, 0.25) is 0 Å². The van der Waals surface area contributed by atoms with Gasteiger partial charge in [-0.15, -0.1) is 0 Å². The lowest BCUT2D eigenvalue weighted by atomic mass is 10.1. The first kappa shape index (κ1) is 12.6. The van der Waals surface area contributed by atoms with Gasteiger partial charge in [-0.25, -0.2) is 0 Å². The molecule has 0 amide bonds. The van der Waals surface area contributed by atoms with E-state index in [4.69, 9.17) is 17.3 Å². The average Bonchev–Trinajstić information content (AvgIpc) is 2.64. The molecule has 2 aromatic rings. The summed E-state index contributed by atoms with van der Waals surface area (Å²) < 4.78 is 1.64. The van der Waals surface area contributed by atoms with Gasteiger partial charge in [0.1, 0.15) is 5.82 Å². The van der Waals surface area contributed by atoms with Crippen molar-refractivity contribution in [3.63, 3.8) is 0 Å². The van der Waals surface area contributed by atoms with Crippen LogP contribution in [0.1, 0.15) is 13.8 Å². The Morgan fingerprint density at radius 3 is 2.19 bits per heavy atom. The van der Waals surface area contributed by atoms with Crippen LogP contribution in [0, 0.1) is 0 Å². The van der Waals surface area contributed by atoms with Crippen molar-refractivity contribution in [3.8, 4) is 11.1 Å². The lowest BCUT2D eigenvalue weighted by Gasteiger charge is -2.00. The Morgan fingerprint density at radius 2 is 1.75 bits per heavy atom. The normalized spacial score (nSPS) is 9.50.